The Bertz CT molecular complexity index is 1290. The molecule has 0 spiro atoms. The van der Waals surface area contributed by atoms with Crippen molar-refractivity contribution >= 4 is 50.7 Å². The molecule has 0 saturated carbocycles. The van der Waals surface area contributed by atoms with Crippen LogP contribution >= 0.6 is 23.4 Å². The quantitative estimate of drug-likeness (QED) is 0.347. The van der Waals surface area contributed by atoms with Gasteiger partial charge in [-0.3, -0.25) is 9.59 Å². The summed E-state index contributed by atoms with van der Waals surface area (Å²) in [4.78, 5) is 39.7. The number of methoxy groups -OCH3 is 1. The molecule has 0 unspecified atom stereocenters. The van der Waals surface area contributed by atoms with E-state index in [9.17, 15) is 22.8 Å². The Kier molecular flexibility index (Phi) is 6.29. The van der Waals surface area contributed by atoms with E-state index in [1.165, 1.54) is 31.0 Å². The standard InChI is InChI=1S/C23H19ClO6S2/c1-30-23(27)13-5-2-3-7-17(13)31-18-8-4-6-16(25)20(18)22(26)15-9-10-19-14(21(15)24)11-12-32(19,28)29/h2-3,5,7,9-10H,4,6,8,11-12H2,1H3. The van der Waals surface area contributed by atoms with E-state index in [0.717, 1.165) is 0 Å². The van der Waals surface area contributed by atoms with E-state index in [-0.39, 0.29) is 45.4 Å². The smallest absolute Gasteiger partial charge is 0.339 e. The molecule has 2 aromatic carbocycles. The van der Waals surface area contributed by atoms with Gasteiger partial charge >= 0.3 is 5.97 Å². The highest BCUT2D eigenvalue weighted by molar-refractivity contribution is 8.03. The van der Waals surface area contributed by atoms with Crippen molar-refractivity contribution in [2.75, 3.05) is 12.9 Å². The number of sulfone groups is 1. The number of ketones is 2. The molecule has 0 N–H and O–H groups in total. The van der Waals surface area contributed by atoms with Gasteiger partial charge in [0.05, 0.1) is 33.9 Å². The molecule has 6 nitrogen and oxygen atoms in total. The van der Waals surface area contributed by atoms with Gasteiger partial charge in [0, 0.05) is 21.8 Å². The third-order valence-corrected chi connectivity index (χ3v) is 8.98. The number of fused-ring (bicyclic) bond motifs is 1. The van der Waals surface area contributed by atoms with Crippen LogP contribution in [0.2, 0.25) is 5.02 Å². The molecule has 9 heteroatoms. The van der Waals surface area contributed by atoms with Crippen LogP contribution in [0.25, 0.3) is 0 Å². The van der Waals surface area contributed by atoms with Gasteiger partial charge in [-0.05, 0) is 49.1 Å². The van der Waals surface area contributed by atoms with Crippen molar-refractivity contribution < 1.29 is 27.5 Å². The first-order valence-corrected chi connectivity index (χ1v) is 12.8. The average molecular weight is 491 g/mol. The Hall–Kier alpha value is -2.42. The lowest BCUT2D eigenvalue weighted by atomic mass is 9.91. The van der Waals surface area contributed by atoms with Gasteiger partial charge in [0.2, 0.25) is 0 Å². The third kappa shape index (κ3) is 4.02. The minimum absolute atomic E-state index is 0.0450. The summed E-state index contributed by atoms with van der Waals surface area (Å²) in [5.41, 5.74) is 0.931. The predicted molar refractivity (Wildman–Crippen MR) is 121 cm³/mol. The molecular weight excluding hydrogens is 472 g/mol. The molecule has 0 saturated heterocycles. The Labute approximate surface area is 194 Å². The number of esters is 1. The molecule has 0 bridgehead atoms. The van der Waals surface area contributed by atoms with Gasteiger partial charge in [-0.15, -0.1) is 0 Å². The van der Waals surface area contributed by atoms with Crippen LogP contribution in [0.1, 0.15) is 45.5 Å². The van der Waals surface area contributed by atoms with E-state index < -0.39 is 21.6 Å². The minimum atomic E-state index is -3.40. The molecule has 0 aromatic heterocycles. The number of hydrogen-bond donors (Lipinski definition) is 0. The zero-order chi connectivity index (χ0) is 23.0. The summed E-state index contributed by atoms with van der Waals surface area (Å²) >= 11 is 7.65. The van der Waals surface area contributed by atoms with Crippen LogP contribution in [0.5, 0.6) is 0 Å². The molecule has 1 heterocycles. The van der Waals surface area contributed by atoms with E-state index in [1.807, 2.05) is 0 Å². The van der Waals surface area contributed by atoms with Crippen molar-refractivity contribution in [3.05, 3.63) is 68.6 Å². The fourth-order valence-corrected chi connectivity index (χ4v) is 7.10. The highest BCUT2D eigenvalue weighted by Crippen LogP contribution is 2.41. The molecule has 0 radical (unpaired) electrons. The van der Waals surface area contributed by atoms with Crippen LogP contribution in [0.4, 0.5) is 0 Å². The van der Waals surface area contributed by atoms with E-state index in [4.69, 9.17) is 16.3 Å². The summed E-state index contributed by atoms with van der Waals surface area (Å²) in [6.45, 7) is 0. The SMILES string of the molecule is COC(=O)c1ccccc1SC1=C(C(=O)c2ccc3c(c2Cl)CCS3(=O)=O)C(=O)CCC1. The molecule has 32 heavy (non-hydrogen) atoms. The van der Waals surface area contributed by atoms with Gasteiger partial charge in [-0.25, -0.2) is 13.2 Å². The monoisotopic (exact) mass is 490 g/mol. The summed E-state index contributed by atoms with van der Waals surface area (Å²) in [7, 11) is -2.11. The Balaban J connectivity index is 1.78. The van der Waals surface area contributed by atoms with Crippen molar-refractivity contribution in [2.24, 2.45) is 0 Å². The third-order valence-electron chi connectivity index (χ3n) is 5.52. The largest absolute Gasteiger partial charge is 0.465 e. The van der Waals surface area contributed by atoms with Crippen molar-refractivity contribution in [3.8, 4) is 0 Å². The summed E-state index contributed by atoms with van der Waals surface area (Å²) in [5, 5.41) is 0.0822. The number of carbonyl (C=O) groups excluding carboxylic acids is 3. The number of carbonyl (C=O) groups is 3. The Morgan fingerprint density at radius 3 is 2.53 bits per heavy atom. The van der Waals surface area contributed by atoms with Gasteiger partial charge in [-0.2, -0.15) is 0 Å². The van der Waals surface area contributed by atoms with Crippen LogP contribution in [0.15, 0.2) is 56.7 Å². The highest BCUT2D eigenvalue weighted by atomic mass is 35.5. The number of Topliss-reactive ketones (excluding diaryl/α,β-unsaturated/α-hetero) is 2. The van der Waals surface area contributed by atoms with Crippen molar-refractivity contribution in [2.45, 2.75) is 35.5 Å². The van der Waals surface area contributed by atoms with Gasteiger partial charge in [0.15, 0.2) is 21.4 Å². The van der Waals surface area contributed by atoms with Crippen molar-refractivity contribution in [1.82, 2.24) is 0 Å². The van der Waals surface area contributed by atoms with Gasteiger partial charge in [0.25, 0.3) is 0 Å². The molecule has 2 aromatic rings. The van der Waals surface area contributed by atoms with Gasteiger partial charge < -0.3 is 4.74 Å². The van der Waals surface area contributed by atoms with Crippen LogP contribution in [-0.2, 0) is 25.8 Å². The fraction of sp³-hybridized carbons (Fsp3) is 0.261. The van der Waals surface area contributed by atoms with Gasteiger partial charge in [0.1, 0.15) is 0 Å². The number of rotatable bonds is 5. The second-order valence-corrected chi connectivity index (χ2v) is 11.1. The van der Waals surface area contributed by atoms with Crippen molar-refractivity contribution in [1.29, 1.82) is 0 Å². The second kappa shape index (κ2) is 8.84. The van der Waals surface area contributed by atoms with E-state index in [0.29, 0.717) is 33.8 Å². The van der Waals surface area contributed by atoms with E-state index >= 15 is 0 Å². The molecule has 166 valence electrons. The number of ether oxygens (including phenoxy) is 1. The Morgan fingerprint density at radius 2 is 1.78 bits per heavy atom. The molecule has 0 fully saturated rings. The lowest BCUT2D eigenvalue weighted by Gasteiger charge is -2.20. The second-order valence-electron chi connectivity index (χ2n) is 7.47. The fourth-order valence-electron chi connectivity index (χ4n) is 3.92. The van der Waals surface area contributed by atoms with Crippen LogP contribution in [0.3, 0.4) is 0 Å². The molecule has 4 rings (SSSR count). The van der Waals surface area contributed by atoms with E-state index in [1.54, 1.807) is 24.3 Å². The van der Waals surface area contributed by atoms with Crippen molar-refractivity contribution in [3.63, 3.8) is 0 Å². The number of benzene rings is 2. The average Bonchev–Trinajstić information content (AvgIpc) is 3.09. The Morgan fingerprint density at radius 1 is 1.03 bits per heavy atom. The number of allylic oxidation sites excluding steroid dienone is 2. The normalized spacial score (nSPS) is 17.2. The molecule has 0 amide bonds. The van der Waals surface area contributed by atoms with E-state index in [2.05, 4.69) is 0 Å². The molecule has 0 atom stereocenters. The molecular formula is C23H19ClO6S2. The first-order chi connectivity index (χ1) is 15.2. The maximum atomic E-state index is 13.5. The van der Waals surface area contributed by atoms with Crippen LogP contribution in [0, 0.1) is 0 Å². The number of thioether (sulfide) groups is 1. The lowest BCUT2D eigenvalue weighted by Crippen LogP contribution is -2.19. The maximum absolute atomic E-state index is 13.5. The molecule has 2 aliphatic rings. The minimum Gasteiger partial charge on any atom is -0.465 e. The summed E-state index contributed by atoms with van der Waals surface area (Å²) in [6.07, 6.45) is 1.57. The lowest BCUT2D eigenvalue weighted by molar-refractivity contribution is -0.115. The zero-order valence-corrected chi connectivity index (χ0v) is 19.5. The van der Waals surface area contributed by atoms with Gasteiger partial charge in [-0.1, -0.05) is 35.5 Å². The summed E-state index contributed by atoms with van der Waals surface area (Å²) in [5.74, 6) is -1.37. The van der Waals surface area contributed by atoms with Crippen LogP contribution < -0.4 is 0 Å². The first kappa shape index (κ1) is 22.8. The summed E-state index contributed by atoms with van der Waals surface area (Å²) < 4.78 is 29.2. The van der Waals surface area contributed by atoms with Crippen LogP contribution in [-0.4, -0.2) is 38.8 Å². The maximum Gasteiger partial charge on any atom is 0.339 e. The topological polar surface area (TPSA) is 94.6 Å². The molecule has 1 aliphatic carbocycles. The predicted octanol–water partition coefficient (Wildman–Crippen LogP) is 4.44. The number of hydrogen-bond acceptors (Lipinski definition) is 7. The highest BCUT2D eigenvalue weighted by Gasteiger charge is 2.34. The zero-order valence-electron chi connectivity index (χ0n) is 17.1. The number of halogens is 1. The molecule has 1 aliphatic heterocycles. The summed E-state index contributed by atoms with van der Waals surface area (Å²) in [6, 6.07) is 9.60. The first-order valence-electron chi connectivity index (χ1n) is 9.95.